The monoisotopic (exact) mass is 613 g/mol. The maximum Gasteiger partial charge on any atom is 0.0991 e. The van der Waals surface area contributed by atoms with Gasteiger partial charge in [-0.3, -0.25) is 0 Å². The fourth-order valence-electron chi connectivity index (χ4n) is 6.66. The molecule has 0 radical (unpaired) electrons. The quantitative estimate of drug-likeness (QED) is 0.0741. The van der Waals surface area contributed by atoms with Gasteiger partial charge >= 0.3 is 0 Å². The van der Waals surface area contributed by atoms with Crippen LogP contribution >= 0.6 is 0 Å². The highest BCUT2D eigenvalue weighted by molar-refractivity contribution is 5.70. The van der Waals surface area contributed by atoms with Crippen LogP contribution in [0.3, 0.4) is 0 Å². The van der Waals surface area contributed by atoms with Crippen LogP contribution in [0.15, 0.2) is 48.5 Å². The standard InChI is InChI=1S/C43H68N2/c1-5-9-13-17-21-41(22-18-14-10-6-2)36-45(37-42(23-19-15-11-7-3)24-20-16-12-8-4)43-33-31-39(32-34-43)26-25-38-27-29-40(35-44)30-28-38/h25-34,41-42H,5-24,36-37H2,1-4H3/b26-25+. The van der Waals surface area contributed by atoms with Crippen molar-refractivity contribution in [3.63, 3.8) is 0 Å². The second-order valence-corrected chi connectivity index (χ2v) is 13.7. The van der Waals surface area contributed by atoms with Crippen molar-refractivity contribution in [1.82, 2.24) is 0 Å². The van der Waals surface area contributed by atoms with E-state index in [1.807, 2.05) is 24.3 Å². The molecule has 0 amide bonds. The Balaban J connectivity index is 2.24. The predicted octanol–water partition coefficient (Wildman–Crippen LogP) is 13.6. The first-order valence-corrected chi connectivity index (χ1v) is 19.2. The topological polar surface area (TPSA) is 27.0 Å². The highest BCUT2D eigenvalue weighted by atomic mass is 15.1. The lowest BCUT2D eigenvalue weighted by molar-refractivity contribution is 0.368. The van der Waals surface area contributed by atoms with Crippen LogP contribution in [0.2, 0.25) is 0 Å². The van der Waals surface area contributed by atoms with Crippen molar-refractivity contribution in [1.29, 1.82) is 5.26 Å². The molecule has 0 atom stereocenters. The Kier molecular flexibility index (Phi) is 22.0. The van der Waals surface area contributed by atoms with E-state index in [-0.39, 0.29) is 0 Å². The Bertz CT molecular complexity index is 975. The molecule has 2 aromatic rings. The molecule has 0 saturated carbocycles. The van der Waals surface area contributed by atoms with E-state index >= 15 is 0 Å². The summed E-state index contributed by atoms with van der Waals surface area (Å²) in [6.07, 6.45) is 31.7. The number of unbranched alkanes of at least 4 members (excludes halogenated alkanes) is 12. The molecule has 0 fully saturated rings. The smallest absolute Gasteiger partial charge is 0.0991 e. The normalized spacial score (nSPS) is 11.6. The van der Waals surface area contributed by atoms with Crippen molar-refractivity contribution >= 4 is 17.8 Å². The van der Waals surface area contributed by atoms with Gasteiger partial charge in [-0.1, -0.05) is 167 Å². The molecule has 0 aliphatic heterocycles. The summed E-state index contributed by atoms with van der Waals surface area (Å²) in [5.74, 6) is 1.57. The minimum Gasteiger partial charge on any atom is -0.371 e. The lowest BCUT2D eigenvalue weighted by Gasteiger charge is -2.33. The Labute approximate surface area is 279 Å². The molecular weight excluding hydrogens is 544 g/mol. The first-order chi connectivity index (χ1) is 22.1. The average Bonchev–Trinajstić information content (AvgIpc) is 3.07. The third kappa shape index (κ3) is 17.7. The van der Waals surface area contributed by atoms with E-state index in [2.05, 4.69) is 75.1 Å². The number of nitrogens with zero attached hydrogens (tertiary/aromatic N) is 2. The van der Waals surface area contributed by atoms with Gasteiger partial charge < -0.3 is 4.90 Å². The van der Waals surface area contributed by atoms with Crippen molar-refractivity contribution < 1.29 is 0 Å². The van der Waals surface area contributed by atoms with Gasteiger partial charge in [0.15, 0.2) is 0 Å². The summed E-state index contributed by atoms with van der Waals surface area (Å²) in [5, 5.41) is 9.10. The zero-order chi connectivity index (χ0) is 32.4. The van der Waals surface area contributed by atoms with Gasteiger partial charge in [-0.2, -0.15) is 5.26 Å². The maximum atomic E-state index is 9.10. The zero-order valence-electron chi connectivity index (χ0n) is 29.9. The zero-order valence-corrected chi connectivity index (χ0v) is 29.9. The van der Waals surface area contributed by atoms with Gasteiger partial charge in [0.1, 0.15) is 0 Å². The van der Waals surface area contributed by atoms with Crippen LogP contribution in [-0.2, 0) is 0 Å². The summed E-state index contributed by atoms with van der Waals surface area (Å²) in [6, 6.07) is 19.4. The number of rotatable bonds is 27. The lowest BCUT2D eigenvalue weighted by Crippen LogP contribution is -2.34. The number of hydrogen-bond donors (Lipinski definition) is 0. The first kappa shape index (κ1) is 38.7. The van der Waals surface area contributed by atoms with Gasteiger partial charge in [-0.25, -0.2) is 0 Å². The summed E-state index contributed by atoms with van der Waals surface area (Å²) in [4.78, 5) is 2.81. The van der Waals surface area contributed by atoms with Crippen molar-refractivity contribution in [2.45, 2.75) is 156 Å². The van der Waals surface area contributed by atoms with Crippen LogP contribution in [0.5, 0.6) is 0 Å². The van der Waals surface area contributed by atoms with Crippen molar-refractivity contribution in [3.05, 3.63) is 65.2 Å². The van der Waals surface area contributed by atoms with Crippen LogP contribution in [-0.4, -0.2) is 13.1 Å². The van der Waals surface area contributed by atoms with E-state index in [9.17, 15) is 0 Å². The van der Waals surface area contributed by atoms with Crippen LogP contribution in [0.1, 0.15) is 173 Å². The number of nitriles is 1. The summed E-state index contributed by atoms with van der Waals surface area (Å²) < 4.78 is 0. The van der Waals surface area contributed by atoms with E-state index in [1.54, 1.807) is 0 Å². The molecule has 0 aliphatic rings. The van der Waals surface area contributed by atoms with Gasteiger partial charge in [0.2, 0.25) is 0 Å². The summed E-state index contributed by atoms with van der Waals surface area (Å²) in [5.41, 5.74) is 4.47. The molecule has 2 aromatic carbocycles. The highest BCUT2D eigenvalue weighted by Crippen LogP contribution is 2.28. The van der Waals surface area contributed by atoms with E-state index < -0.39 is 0 Å². The third-order valence-electron chi connectivity index (χ3n) is 9.59. The van der Waals surface area contributed by atoms with Gasteiger partial charge in [0.05, 0.1) is 11.6 Å². The SMILES string of the molecule is CCCCCCC(CCCCCC)CN(CC(CCCCCC)CCCCCC)c1ccc(/C=C/c2ccc(C#N)cc2)cc1. The fourth-order valence-corrected chi connectivity index (χ4v) is 6.66. The molecule has 2 rings (SSSR count). The maximum absolute atomic E-state index is 9.10. The number of hydrogen-bond acceptors (Lipinski definition) is 2. The second-order valence-electron chi connectivity index (χ2n) is 13.7. The Morgan fingerprint density at radius 3 is 1.20 bits per heavy atom. The predicted molar refractivity (Wildman–Crippen MR) is 201 cm³/mol. The fraction of sp³-hybridized carbons (Fsp3) is 0.651. The second kappa shape index (κ2) is 25.6. The van der Waals surface area contributed by atoms with Crippen molar-refractivity contribution in [2.24, 2.45) is 11.8 Å². The minimum atomic E-state index is 0.708. The van der Waals surface area contributed by atoms with Gasteiger partial charge in [0.25, 0.3) is 0 Å². The highest BCUT2D eigenvalue weighted by Gasteiger charge is 2.19. The molecule has 2 heteroatoms. The number of benzene rings is 2. The van der Waals surface area contributed by atoms with Gasteiger partial charge in [0, 0.05) is 18.8 Å². The average molecular weight is 613 g/mol. The van der Waals surface area contributed by atoms with Crippen LogP contribution in [0.4, 0.5) is 5.69 Å². The molecular formula is C43H68N2. The van der Waals surface area contributed by atoms with Crippen LogP contribution in [0, 0.1) is 23.2 Å². The first-order valence-electron chi connectivity index (χ1n) is 19.2. The third-order valence-corrected chi connectivity index (χ3v) is 9.59. The summed E-state index contributed by atoms with van der Waals surface area (Å²) in [6.45, 7) is 11.7. The van der Waals surface area contributed by atoms with Crippen molar-refractivity contribution in [2.75, 3.05) is 18.0 Å². The molecule has 0 aliphatic carbocycles. The summed E-state index contributed by atoms with van der Waals surface area (Å²) >= 11 is 0. The lowest BCUT2D eigenvalue weighted by atomic mass is 9.91. The molecule has 0 heterocycles. The molecule has 0 N–H and O–H groups in total. The molecule has 0 saturated heterocycles. The molecule has 45 heavy (non-hydrogen) atoms. The molecule has 250 valence electrons. The van der Waals surface area contributed by atoms with E-state index in [0.29, 0.717) is 5.56 Å². The molecule has 0 bridgehead atoms. The molecule has 0 aromatic heterocycles. The molecule has 2 nitrogen and oxygen atoms in total. The molecule has 0 unspecified atom stereocenters. The minimum absolute atomic E-state index is 0.708. The van der Waals surface area contributed by atoms with E-state index in [0.717, 1.165) is 17.4 Å². The Morgan fingerprint density at radius 2 is 0.867 bits per heavy atom. The van der Waals surface area contributed by atoms with E-state index in [4.69, 9.17) is 5.26 Å². The van der Waals surface area contributed by atoms with Crippen molar-refractivity contribution in [3.8, 4) is 6.07 Å². The largest absolute Gasteiger partial charge is 0.371 e. The van der Waals surface area contributed by atoms with Gasteiger partial charge in [-0.15, -0.1) is 0 Å². The Morgan fingerprint density at radius 1 is 0.511 bits per heavy atom. The summed E-state index contributed by atoms with van der Waals surface area (Å²) in [7, 11) is 0. The van der Waals surface area contributed by atoms with Crippen LogP contribution < -0.4 is 4.90 Å². The Hall–Kier alpha value is -2.53. The van der Waals surface area contributed by atoms with Crippen LogP contribution in [0.25, 0.3) is 12.2 Å². The molecule has 0 spiro atoms. The number of anilines is 1. The van der Waals surface area contributed by atoms with Gasteiger partial charge in [-0.05, 0) is 72.9 Å². The van der Waals surface area contributed by atoms with E-state index in [1.165, 1.54) is 153 Å².